The summed E-state index contributed by atoms with van der Waals surface area (Å²) in [5, 5.41) is 0. The number of ketones is 1. The third kappa shape index (κ3) is 3.90. The standard InChI is InChI=1S/C15H21NO3S/c1-15(2,3)14(17)10-11-4-8-13(9-5-11)20(18,19)16-12-6-7-12/h4-5,8-9,12,16H,6-7,10H2,1-3H3. The molecule has 110 valence electrons. The van der Waals surface area contributed by atoms with E-state index in [1.54, 1.807) is 24.3 Å². The summed E-state index contributed by atoms with van der Waals surface area (Å²) in [5.41, 5.74) is 0.466. The minimum absolute atomic E-state index is 0.0992. The lowest BCUT2D eigenvalue weighted by molar-refractivity contribution is -0.125. The molecule has 0 radical (unpaired) electrons. The molecule has 1 N–H and O–H groups in total. The van der Waals surface area contributed by atoms with Crippen molar-refractivity contribution in [1.82, 2.24) is 4.72 Å². The molecule has 20 heavy (non-hydrogen) atoms. The number of nitrogens with one attached hydrogen (secondary N) is 1. The molecule has 1 aliphatic rings. The molecule has 0 aliphatic heterocycles. The van der Waals surface area contributed by atoms with Crippen molar-refractivity contribution >= 4 is 15.8 Å². The number of hydrogen-bond acceptors (Lipinski definition) is 3. The van der Waals surface area contributed by atoms with E-state index < -0.39 is 10.0 Å². The Morgan fingerprint density at radius 1 is 1.20 bits per heavy atom. The summed E-state index contributed by atoms with van der Waals surface area (Å²) < 4.78 is 26.6. The molecule has 0 spiro atoms. The highest BCUT2D eigenvalue weighted by Crippen LogP contribution is 2.23. The number of carbonyl (C=O) groups excluding carboxylic acids is 1. The number of hydrogen-bond donors (Lipinski definition) is 1. The normalized spacial score (nSPS) is 16.1. The van der Waals surface area contributed by atoms with Crippen LogP contribution in [-0.4, -0.2) is 20.2 Å². The summed E-state index contributed by atoms with van der Waals surface area (Å²) in [5.74, 6) is 0.143. The molecule has 1 aliphatic carbocycles. The maximum Gasteiger partial charge on any atom is 0.240 e. The Morgan fingerprint density at radius 2 is 1.75 bits per heavy atom. The minimum atomic E-state index is -3.41. The predicted molar refractivity (Wildman–Crippen MR) is 78.0 cm³/mol. The topological polar surface area (TPSA) is 63.2 Å². The molecule has 1 aromatic carbocycles. The lowest BCUT2D eigenvalue weighted by Gasteiger charge is -2.16. The van der Waals surface area contributed by atoms with Gasteiger partial charge in [-0.1, -0.05) is 32.9 Å². The highest BCUT2D eigenvalue weighted by atomic mass is 32.2. The van der Waals surface area contributed by atoms with Crippen molar-refractivity contribution in [3.05, 3.63) is 29.8 Å². The van der Waals surface area contributed by atoms with Crippen molar-refractivity contribution in [2.75, 3.05) is 0 Å². The van der Waals surface area contributed by atoms with Gasteiger partial charge in [-0.3, -0.25) is 4.79 Å². The number of sulfonamides is 1. The fourth-order valence-electron chi connectivity index (χ4n) is 1.73. The van der Waals surface area contributed by atoms with Gasteiger partial charge in [0.25, 0.3) is 0 Å². The maximum atomic E-state index is 12.0. The zero-order valence-electron chi connectivity index (χ0n) is 12.1. The first-order valence-corrected chi connectivity index (χ1v) is 8.31. The van der Waals surface area contributed by atoms with Gasteiger partial charge < -0.3 is 0 Å². The largest absolute Gasteiger partial charge is 0.299 e. The molecule has 0 amide bonds. The molecule has 0 aromatic heterocycles. The van der Waals surface area contributed by atoms with Gasteiger partial charge in [0.1, 0.15) is 5.78 Å². The number of rotatable bonds is 5. The summed E-state index contributed by atoms with van der Waals surface area (Å²) in [6, 6.07) is 6.66. The van der Waals surface area contributed by atoms with Gasteiger partial charge in [-0.15, -0.1) is 0 Å². The Bertz CT molecular complexity index is 593. The molecule has 0 bridgehead atoms. The Hall–Kier alpha value is -1.20. The fraction of sp³-hybridized carbons (Fsp3) is 0.533. The second kappa shape index (κ2) is 5.30. The van der Waals surface area contributed by atoms with Gasteiger partial charge in [-0.2, -0.15) is 0 Å². The van der Waals surface area contributed by atoms with Crippen molar-refractivity contribution in [3.8, 4) is 0 Å². The van der Waals surface area contributed by atoms with E-state index >= 15 is 0 Å². The van der Waals surface area contributed by atoms with E-state index in [-0.39, 0.29) is 22.1 Å². The van der Waals surface area contributed by atoms with E-state index in [4.69, 9.17) is 0 Å². The summed E-state index contributed by atoms with van der Waals surface area (Å²) in [7, 11) is -3.41. The van der Waals surface area contributed by atoms with Gasteiger partial charge in [0.15, 0.2) is 0 Å². The highest BCUT2D eigenvalue weighted by molar-refractivity contribution is 7.89. The van der Waals surface area contributed by atoms with Crippen LogP contribution in [0.5, 0.6) is 0 Å². The second-order valence-corrected chi connectivity index (χ2v) is 8.10. The molecule has 2 rings (SSSR count). The van der Waals surface area contributed by atoms with Gasteiger partial charge in [0, 0.05) is 17.9 Å². The Labute approximate surface area is 120 Å². The van der Waals surface area contributed by atoms with Crippen molar-refractivity contribution in [1.29, 1.82) is 0 Å². The minimum Gasteiger partial charge on any atom is -0.299 e. The van der Waals surface area contributed by atoms with Crippen LogP contribution in [0.4, 0.5) is 0 Å². The molecule has 1 saturated carbocycles. The highest BCUT2D eigenvalue weighted by Gasteiger charge is 2.28. The molecule has 4 nitrogen and oxygen atoms in total. The summed E-state index contributed by atoms with van der Waals surface area (Å²) in [6.45, 7) is 5.65. The molecule has 0 heterocycles. The molecule has 1 aromatic rings. The van der Waals surface area contributed by atoms with Gasteiger partial charge in [-0.25, -0.2) is 13.1 Å². The van der Waals surface area contributed by atoms with Crippen LogP contribution in [0.2, 0.25) is 0 Å². The van der Waals surface area contributed by atoms with Crippen LogP contribution in [0.25, 0.3) is 0 Å². The van der Waals surface area contributed by atoms with Crippen molar-refractivity contribution in [3.63, 3.8) is 0 Å². The van der Waals surface area contributed by atoms with Crippen molar-refractivity contribution in [2.45, 2.75) is 51.0 Å². The molecule has 5 heteroatoms. The molecule has 0 unspecified atom stereocenters. The zero-order chi connectivity index (χ0) is 15.0. The third-order valence-corrected chi connectivity index (χ3v) is 4.87. The number of Topliss-reactive ketones (excluding diaryl/α,β-unsaturated/α-hetero) is 1. The Morgan fingerprint density at radius 3 is 2.20 bits per heavy atom. The van der Waals surface area contributed by atoms with Crippen LogP contribution >= 0.6 is 0 Å². The quantitative estimate of drug-likeness (QED) is 0.906. The second-order valence-electron chi connectivity index (χ2n) is 6.39. The summed E-state index contributed by atoms with van der Waals surface area (Å²) >= 11 is 0. The Kier molecular flexibility index (Phi) is 4.02. The van der Waals surface area contributed by atoms with Gasteiger partial charge in [0.05, 0.1) is 4.90 Å². The molecule has 1 fully saturated rings. The lowest BCUT2D eigenvalue weighted by Crippen LogP contribution is -2.25. The first kappa shape index (κ1) is 15.2. The average Bonchev–Trinajstić information content (AvgIpc) is 3.11. The molecular formula is C15H21NO3S. The van der Waals surface area contributed by atoms with Crippen LogP contribution in [0.15, 0.2) is 29.2 Å². The van der Waals surface area contributed by atoms with E-state index in [1.165, 1.54) is 0 Å². The van der Waals surface area contributed by atoms with E-state index in [0.29, 0.717) is 6.42 Å². The van der Waals surface area contributed by atoms with Crippen LogP contribution in [0, 0.1) is 5.41 Å². The van der Waals surface area contributed by atoms with Crippen LogP contribution in [0.3, 0.4) is 0 Å². The van der Waals surface area contributed by atoms with Gasteiger partial charge >= 0.3 is 0 Å². The smallest absolute Gasteiger partial charge is 0.240 e. The maximum absolute atomic E-state index is 12.0. The van der Waals surface area contributed by atoms with E-state index in [1.807, 2.05) is 20.8 Å². The van der Waals surface area contributed by atoms with Crippen LogP contribution in [0.1, 0.15) is 39.2 Å². The first-order valence-electron chi connectivity index (χ1n) is 6.83. The molecular weight excluding hydrogens is 274 g/mol. The summed E-state index contributed by atoms with van der Waals surface area (Å²) in [6.07, 6.45) is 2.16. The lowest BCUT2D eigenvalue weighted by atomic mass is 9.87. The van der Waals surface area contributed by atoms with E-state index in [2.05, 4.69) is 4.72 Å². The average molecular weight is 295 g/mol. The van der Waals surface area contributed by atoms with Crippen molar-refractivity contribution < 1.29 is 13.2 Å². The third-order valence-electron chi connectivity index (χ3n) is 3.33. The first-order chi connectivity index (χ1) is 9.18. The van der Waals surface area contributed by atoms with Crippen LogP contribution in [-0.2, 0) is 21.2 Å². The zero-order valence-corrected chi connectivity index (χ0v) is 13.0. The van der Waals surface area contributed by atoms with Crippen molar-refractivity contribution in [2.24, 2.45) is 5.41 Å². The Balaban J connectivity index is 2.08. The monoisotopic (exact) mass is 295 g/mol. The van der Waals surface area contributed by atoms with E-state index in [0.717, 1.165) is 18.4 Å². The number of benzene rings is 1. The van der Waals surface area contributed by atoms with Gasteiger partial charge in [0.2, 0.25) is 10.0 Å². The fourth-order valence-corrected chi connectivity index (χ4v) is 3.03. The molecule has 0 saturated heterocycles. The SMILES string of the molecule is CC(C)(C)C(=O)Cc1ccc(S(=O)(=O)NC2CC2)cc1. The number of carbonyl (C=O) groups is 1. The van der Waals surface area contributed by atoms with E-state index in [9.17, 15) is 13.2 Å². The van der Waals surface area contributed by atoms with Gasteiger partial charge in [-0.05, 0) is 30.5 Å². The predicted octanol–water partition coefficient (Wildman–Crippen LogP) is 2.29. The molecule has 0 atom stereocenters. The van der Waals surface area contributed by atoms with Crippen LogP contribution < -0.4 is 4.72 Å². The summed E-state index contributed by atoms with van der Waals surface area (Å²) in [4.78, 5) is 12.2.